The first-order chi connectivity index (χ1) is 10.3. The number of nitrogens with zero attached hydrogens (tertiary/aromatic N) is 4. The van der Waals surface area contributed by atoms with Gasteiger partial charge in [-0.05, 0) is 25.0 Å². The molecule has 1 saturated heterocycles. The number of aliphatic hydroxyl groups excluding tert-OH is 1. The van der Waals surface area contributed by atoms with Crippen molar-refractivity contribution >= 4 is 5.82 Å². The summed E-state index contributed by atoms with van der Waals surface area (Å²) in [5.41, 5.74) is 0.658. The van der Waals surface area contributed by atoms with Gasteiger partial charge in [-0.3, -0.25) is 4.90 Å². The second-order valence-corrected chi connectivity index (χ2v) is 5.96. The summed E-state index contributed by atoms with van der Waals surface area (Å²) >= 11 is 0. The Balaban J connectivity index is 1.61. The average Bonchev–Trinajstić information content (AvgIpc) is 2.56. The third kappa shape index (κ3) is 3.17. The van der Waals surface area contributed by atoms with Crippen LogP contribution in [0.15, 0.2) is 18.3 Å². The molecule has 21 heavy (non-hydrogen) atoms. The van der Waals surface area contributed by atoms with Crippen molar-refractivity contribution < 1.29 is 5.11 Å². The lowest BCUT2D eigenvalue weighted by molar-refractivity contribution is 0.0172. The molecule has 5 heteroatoms. The minimum atomic E-state index is -0.162. The molecule has 2 atom stereocenters. The van der Waals surface area contributed by atoms with E-state index in [1.165, 1.54) is 6.42 Å². The van der Waals surface area contributed by atoms with E-state index in [4.69, 9.17) is 5.26 Å². The number of pyridine rings is 1. The molecule has 1 N–H and O–H groups in total. The van der Waals surface area contributed by atoms with Crippen molar-refractivity contribution in [3.05, 3.63) is 23.9 Å². The minimum Gasteiger partial charge on any atom is -0.391 e. The highest BCUT2D eigenvalue weighted by Gasteiger charge is 2.31. The number of hydrogen-bond donors (Lipinski definition) is 1. The van der Waals surface area contributed by atoms with Crippen LogP contribution in [0, 0.1) is 11.3 Å². The second kappa shape index (κ2) is 6.42. The predicted octanol–water partition coefficient (Wildman–Crippen LogP) is 1.38. The molecule has 1 aliphatic heterocycles. The van der Waals surface area contributed by atoms with E-state index < -0.39 is 0 Å². The summed E-state index contributed by atoms with van der Waals surface area (Å²) in [7, 11) is 0. The molecule has 0 radical (unpaired) electrons. The predicted molar refractivity (Wildman–Crippen MR) is 81.0 cm³/mol. The Morgan fingerprint density at radius 3 is 2.67 bits per heavy atom. The summed E-state index contributed by atoms with van der Waals surface area (Å²) in [6.07, 6.45) is 5.98. The van der Waals surface area contributed by atoms with Crippen LogP contribution < -0.4 is 4.90 Å². The van der Waals surface area contributed by atoms with E-state index in [0.717, 1.165) is 51.3 Å². The molecule has 112 valence electrons. The maximum Gasteiger partial charge on any atom is 0.129 e. The molecule has 2 aliphatic rings. The fourth-order valence-electron chi connectivity index (χ4n) is 3.46. The highest BCUT2D eigenvalue weighted by molar-refractivity contribution is 5.45. The van der Waals surface area contributed by atoms with Crippen molar-refractivity contribution in [1.82, 2.24) is 9.88 Å². The third-order valence-electron chi connectivity index (χ3n) is 4.68. The van der Waals surface area contributed by atoms with Gasteiger partial charge >= 0.3 is 0 Å². The normalized spacial score (nSPS) is 27.3. The first kappa shape index (κ1) is 14.3. The highest BCUT2D eigenvalue weighted by Crippen LogP contribution is 2.25. The van der Waals surface area contributed by atoms with Crippen LogP contribution in [0.3, 0.4) is 0 Å². The van der Waals surface area contributed by atoms with Crippen LogP contribution in [0.2, 0.25) is 0 Å². The zero-order chi connectivity index (χ0) is 14.7. The monoisotopic (exact) mass is 286 g/mol. The Bertz CT molecular complexity index is 519. The first-order valence-electron chi connectivity index (χ1n) is 7.81. The first-order valence-corrected chi connectivity index (χ1v) is 7.81. The quantitative estimate of drug-likeness (QED) is 0.890. The van der Waals surface area contributed by atoms with Gasteiger partial charge in [-0.1, -0.05) is 12.8 Å². The van der Waals surface area contributed by atoms with Crippen LogP contribution in [0.1, 0.15) is 31.2 Å². The lowest BCUT2D eigenvalue weighted by atomic mass is 9.91. The number of nitriles is 1. The number of hydrogen-bond acceptors (Lipinski definition) is 5. The summed E-state index contributed by atoms with van der Waals surface area (Å²) in [4.78, 5) is 9.02. The molecule has 1 saturated carbocycles. The molecule has 3 rings (SSSR count). The highest BCUT2D eigenvalue weighted by atomic mass is 16.3. The molecule has 0 unspecified atom stereocenters. The molecule has 0 aromatic carbocycles. The van der Waals surface area contributed by atoms with Crippen molar-refractivity contribution in [3.63, 3.8) is 0 Å². The number of aliphatic hydroxyl groups is 1. The Morgan fingerprint density at radius 1 is 1.19 bits per heavy atom. The van der Waals surface area contributed by atoms with E-state index in [1.54, 1.807) is 12.3 Å². The van der Waals surface area contributed by atoms with Crippen LogP contribution >= 0.6 is 0 Å². The SMILES string of the molecule is N#Cc1ccnc(N2CCN([C@H]3CCCC[C@H]3O)CC2)c1. The van der Waals surface area contributed by atoms with Gasteiger partial charge in [0.05, 0.1) is 17.7 Å². The fourth-order valence-corrected chi connectivity index (χ4v) is 3.46. The molecule has 2 fully saturated rings. The molecule has 5 nitrogen and oxygen atoms in total. The molecule has 1 aromatic heterocycles. The van der Waals surface area contributed by atoms with Crippen molar-refractivity contribution in [2.24, 2.45) is 0 Å². The zero-order valence-corrected chi connectivity index (χ0v) is 12.3. The topological polar surface area (TPSA) is 63.4 Å². The lowest BCUT2D eigenvalue weighted by Crippen LogP contribution is -2.54. The number of anilines is 1. The maximum atomic E-state index is 10.2. The van der Waals surface area contributed by atoms with Crippen LogP contribution in [0.25, 0.3) is 0 Å². The smallest absolute Gasteiger partial charge is 0.129 e. The van der Waals surface area contributed by atoms with Gasteiger partial charge in [0, 0.05) is 38.4 Å². The van der Waals surface area contributed by atoms with Gasteiger partial charge in [0.1, 0.15) is 5.82 Å². The molecular weight excluding hydrogens is 264 g/mol. The largest absolute Gasteiger partial charge is 0.391 e. The van der Waals surface area contributed by atoms with Gasteiger partial charge in [-0.15, -0.1) is 0 Å². The van der Waals surface area contributed by atoms with Gasteiger partial charge in [0.25, 0.3) is 0 Å². The van der Waals surface area contributed by atoms with Crippen LogP contribution in [-0.4, -0.2) is 53.3 Å². The van der Waals surface area contributed by atoms with Crippen LogP contribution in [0.4, 0.5) is 5.82 Å². The zero-order valence-electron chi connectivity index (χ0n) is 12.3. The Kier molecular flexibility index (Phi) is 4.37. The third-order valence-corrected chi connectivity index (χ3v) is 4.68. The van der Waals surface area contributed by atoms with Crippen molar-refractivity contribution in [3.8, 4) is 6.07 Å². The number of piperazine rings is 1. The number of aromatic nitrogens is 1. The summed E-state index contributed by atoms with van der Waals surface area (Å²) in [6.45, 7) is 3.73. The summed E-state index contributed by atoms with van der Waals surface area (Å²) in [6, 6.07) is 6.08. The standard InChI is InChI=1S/C16H22N4O/c17-12-13-5-6-18-16(11-13)20-9-7-19(8-10-20)14-3-1-2-4-15(14)21/h5-6,11,14-15,21H,1-4,7-10H2/t14-,15+/m0/s1. The Labute approximate surface area is 125 Å². The lowest BCUT2D eigenvalue weighted by Gasteiger charge is -2.43. The summed E-state index contributed by atoms with van der Waals surface area (Å²) < 4.78 is 0. The molecule has 2 heterocycles. The Morgan fingerprint density at radius 2 is 1.95 bits per heavy atom. The maximum absolute atomic E-state index is 10.2. The van der Waals surface area contributed by atoms with E-state index in [-0.39, 0.29) is 6.10 Å². The van der Waals surface area contributed by atoms with Crippen molar-refractivity contribution in [2.45, 2.75) is 37.8 Å². The van der Waals surface area contributed by atoms with Crippen LogP contribution in [-0.2, 0) is 0 Å². The van der Waals surface area contributed by atoms with Gasteiger partial charge < -0.3 is 10.0 Å². The molecule has 1 aliphatic carbocycles. The van der Waals surface area contributed by atoms with E-state index >= 15 is 0 Å². The minimum absolute atomic E-state index is 0.162. The number of rotatable bonds is 2. The summed E-state index contributed by atoms with van der Waals surface area (Å²) in [5.74, 6) is 0.887. The van der Waals surface area contributed by atoms with Crippen molar-refractivity contribution in [2.75, 3.05) is 31.1 Å². The molecular formula is C16H22N4O. The molecule has 0 bridgehead atoms. The van der Waals surface area contributed by atoms with Crippen molar-refractivity contribution in [1.29, 1.82) is 5.26 Å². The molecule has 0 spiro atoms. The van der Waals surface area contributed by atoms with E-state index in [1.807, 2.05) is 6.07 Å². The van der Waals surface area contributed by atoms with Gasteiger partial charge in [0.15, 0.2) is 0 Å². The molecule has 1 aromatic rings. The Hall–Kier alpha value is -1.64. The second-order valence-electron chi connectivity index (χ2n) is 5.96. The fraction of sp³-hybridized carbons (Fsp3) is 0.625. The van der Waals surface area contributed by atoms with E-state index in [0.29, 0.717) is 11.6 Å². The van der Waals surface area contributed by atoms with E-state index in [9.17, 15) is 5.11 Å². The van der Waals surface area contributed by atoms with Gasteiger partial charge in [0.2, 0.25) is 0 Å². The molecule has 0 amide bonds. The van der Waals surface area contributed by atoms with E-state index in [2.05, 4.69) is 20.9 Å². The van der Waals surface area contributed by atoms with Gasteiger partial charge in [-0.2, -0.15) is 5.26 Å². The average molecular weight is 286 g/mol. The van der Waals surface area contributed by atoms with Crippen LogP contribution in [0.5, 0.6) is 0 Å². The van der Waals surface area contributed by atoms with Gasteiger partial charge in [-0.25, -0.2) is 4.98 Å². The summed E-state index contributed by atoms with van der Waals surface area (Å²) in [5, 5.41) is 19.1.